The lowest BCUT2D eigenvalue weighted by molar-refractivity contribution is 0.0155. The third kappa shape index (κ3) is 7.57. The Morgan fingerprint density at radius 2 is 0.966 bits per heavy atom. The van der Waals surface area contributed by atoms with E-state index in [2.05, 4.69) is 13.8 Å². The largest absolute Gasteiger partial charge is 0.0651 e. The van der Waals surface area contributed by atoms with Crippen LogP contribution in [0.3, 0.4) is 0 Å². The van der Waals surface area contributed by atoms with Gasteiger partial charge < -0.3 is 0 Å². The molecule has 4 aliphatic carbocycles. The zero-order valence-corrected chi connectivity index (χ0v) is 20.3. The average Bonchev–Trinajstić information content (AvgIpc) is 2.78. The summed E-state index contributed by atoms with van der Waals surface area (Å²) in [6, 6.07) is 0. The third-order valence-electron chi connectivity index (χ3n) is 9.61. The molecule has 29 heavy (non-hydrogen) atoms. The average molecular weight is 403 g/mol. The minimum absolute atomic E-state index is 1.03. The Morgan fingerprint density at radius 3 is 1.59 bits per heavy atom. The lowest BCUT2D eigenvalue weighted by Gasteiger charge is -2.48. The summed E-state index contributed by atoms with van der Waals surface area (Å²) in [5, 5.41) is 0. The van der Waals surface area contributed by atoms with Crippen LogP contribution in [0.5, 0.6) is 0 Å². The van der Waals surface area contributed by atoms with Gasteiger partial charge in [-0.2, -0.15) is 0 Å². The minimum atomic E-state index is 1.03. The molecule has 4 fully saturated rings. The molecule has 4 atom stereocenters. The van der Waals surface area contributed by atoms with Crippen molar-refractivity contribution in [2.45, 2.75) is 149 Å². The van der Waals surface area contributed by atoms with E-state index in [1.807, 2.05) is 0 Å². The molecular formula is C29H54. The molecule has 0 spiro atoms. The van der Waals surface area contributed by atoms with Gasteiger partial charge in [-0.1, -0.05) is 136 Å². The molecule has 0 amide bonds. The molecule has 0 bridgehead atoms. The summed E-state index contributed by atoms with van der Waals surface area (Å²) in [4.78, 5) is 0. The summed E-state index contributed by atoms with van der Waals surface area (Å²) < 4.78 is 0. The van der Waals surface area contributed by atoms with Crippen molar-refractivity contribution in [2.24, 2.45) is 35.5 Å². The summed E-state index contributed by atoms with van der Waals surface area (Å²) in [6.07, 6.45) is 32.0. The van der Waals surface area contributed by atoms with Crippen LogP contribution < -0.4 is 0 Å². The zero-order chi connectivity index (χ0) is 20.3. The van der Waals surface area contributed by atoms with Gasteiger partial charge in [-0.15, -0.1) is 0 Å². The Kier molecular flexibility index (Phi) is 10.9. The molecule has 0 aromatic carbocycles. The normalized spacial score (nSPS) is 35.8. The Morgan fingerprint density at radius 1 is 0.483 bits per heavy atom. The number of rotatable bonds is 2. The van der Waals surface area contributed by atoms with Crippen LogP contribution in [0.4, 0.5) is 0 Å². The first-order valence-electron chi connectivity index (χ1n) is 14.3. The van der Waals surface area contributed by atoms with Crippen molar-refractivity contribution < 1.29 is 0 Å². The smallest absolute Gasteiger partial charge is 0.0329 e. The van der Waals surface area contributed by atoms with E-state index in [0.29, 0.717) is 0 Å². The zero-order valence-electron chi connectivity index (χ0n) is 20.3. The Balaban J connectivity index is 0.000000252. The van der Waals surface area contributed by atoms with E-state index in [9.17, 15) is 0 Å². The fourth-order valence-corrected chi connectivity index (χ4v) is 7.83. The second-order valence-electron chi connectivity index (χ2n) is 11.6. The van der Waals surface area contributed by atoms with Gasteiger partial charge in [0, 0.05) is 0 Å². The molecule has 4 rings (SSSR count). The monoisotopic (exact) mass is 402 g/mol. The van der Waals surface area contributed by atoms with Crippen LogP contribution in [-0.2, 0) is 0 Å². The standard InChI is InChI=1S/C21H38.C8H16/c1-17-15-16-18-11-9-10-14-20(18)21(17)19-12-7-5-3-2-4-6-8-13-19;1-2-8-6-4-3-5-7-8/h17-21H,2-16H2,1H3;8H,2-7H2,1H3. The lowest BCUT2D eigenvalue weighted by Crippen LogP contribution is -2.39. The van der Waals surface area contributed by atoms with E-state index in [1.165, 1.54) is 96.3 Å². The SMILES string of the molecule is CC1CCC2CCCCC2C1C1CCCCCCCCC1.CCC1CCCCC1. The number of hydrogen-bond acceptors (Lipinski definition) is 0. The van der Waals surface area contributed by atoms with Crippen molar-refractivity contribution in [3.63, 3.8) is 0 Å². The van der Waals surface area contributed by atoms with Crippen LogP contribution in [0.25, 0.3) is 0 Å². The van der Waals surface area contributed by atoms with E-state index >= 15 is 0 Å². The van der Waals surface area contributed by atoms with Gasteiger partial charge in [0.25, 0.3) is 0 Å². The van der Waals surface area contributed by atoms with Crippen molar-refractivity contribution >= 4 is 0 Å². The van der Waals surface area contributed by atoms with Gasteiger partial charge in [-0.3, -0.25) is 0 Å². The van der Waals surface area contributed by atoms with Crippen molar-refractivity contribution in [1.29, 1.82) is 0 Å². The van der Waals surface area contributed by atoms with Crippen molar-refractivity contribution in [3.05, 3.63) is 0 Å². The third-order valence-corrected chi connectivity index (χ3v) is 9.61. The predicted molar refractivity (Wildman–Crippen MR) is 129 cm³/mol. The quantitative estimate of drug-likeness (QED) is 0.431. The lowest BCUT2D eigenvalue weighted by atomic mass is 9.57. The molecule has 4 aliphatic rings. The summed E-state index contributed by atoms with van der Waals surface area (Å²) in [6.45, 7) is 4.92. The van der Waals surface area contributed by atoms with Gasteiger partial charge in [0.15, 0.2) is 0 Å². The van der Waals surface area contributed by atoms with E-state index in [1.54, 1.807) is 38.5 Å². The molecule has 0 aromatic rings. The van der Waals surface area contributed by atoms with Crippen molar-refractivity contribution in [2.75, 3.05) is 0 Å². The molecule has 4 saturated carbocycles. The van der Waals surface area contributed by atoms with E-state index < -0.39 is 0 Å². The van der Waals surface area contributed by atoms with Crippen LogP contribution in [0, 0.1) is 35.5 Å². The maximum absolute atomic E-state index is 2.61. The molecule has 0 saturated heterocycles. The highest BCUT2D eigenvalue weighted by atomic mass is 14.5. The maximum Gasteiger partial charge on any atom is -0.0329 e. The Hall–Kier alpha value is 0. The van der Waals surface area contributed by atoms with Crippen LogP contribution in [0.1, 0.15) is 149 Å². The summed E-state index contributed by atoms with van der Waals surface area (Å²) in [7, 11) is 0. The summed E-state index contributed by atoms with van der Waals surface area (Å²) in [5.74, 6) is 6.54. The van der Waals surface area contributed by atoms with Gasteiger partial charge in [0.05, 0.1) is 0 Å². The summed E-state index contributed by atoms with van der Waals surface area (Å²) in [5.41, 5.74) is 0. The van der Waals surface area contributed by atoms with E-state index in [4.69, 9.17) is 0 Å². The van der Waals surface area contributed by atoms with Gasteiger partial charge in [-0.05, 0) is 48.3 Å². The molecule has 0 aliphatic heterocycles. The summed E-state index contributed by atoms with van der Waals surface area (Å²) >= 11 is 0. The van der Waals surface area contributed by atoms with E-state index in [0.717, 1.165) is 35.5 Å². The fourth-order valence-electron chi connectivity index (χ4n) is 7.83. The topological polar surface area (TPSA) is 0 Å². The molecule has 0 aromatic heterocycles. The van der Waals surface area contributed by atoms with E-state index in [-0.39, 0.29) is 0 Å². The van der Waals surface area contributed by atoms with Crippen LogP contribution >= 0.6 is 0 Å². The highest BCUT2D eigenvalue weighted by molar-refractivity contribution is 4.91. The van der Waals surface area contributed by atoms with Gasteiger partial charge in [-0.25, -0.2) is 0 Å². The maximum atomic E-state index is 2.61. The number of hydrogen-bond donors (Lipinski definition) is 0. The molecule has 0 heteroatoms. The van der Waals surface area contributed by atoms with Crippen LogP contribution in [-0.4, -0.2) is 0 Å². The molecule has 4 unspecified atom stereocenters. The fraction of sp³-hybridized carbons (Fsp3) is 1.00. The molecule has 0 radical (unpaired) electrons. The Labute approximate surface area is 184 Å². The van der Waals surface area contributed by atoms with Gasteiger partial charge in [0.2, 0.25) is 0 Å². The molecule has 0 nitrogen and oxygen atoms in total. The highest BCUT2D eigenvalue weighted by Crippen LogP contribution is 2.51. The predicted octanol–water partition coefficient (Wildman–Crippen LogP) is 9.96. The highest BCUT2D eigenvalue weighted by Gasteiger charge is 2.41. The first-order valence-corrected chi connectivity index (χ1v) is 14.3. The number of fused-ring (bicyclic) bond motifs is 1. The van der Waals surface area contributed by atoms with Crippen LogP contribution in [0.2, 0.25) is 0 Å². The van der Waals surface area contributed by atoms with Crippen LogP contribution in [0.15, 0.2) is 0 Å². The van der Waals surface area contributed by atoms with Gasteiger partial charge >= 0.3 is 0 Å². The van der Waals surface area contributed by atoms with Crippen molar-refractivity contribution in [1.82, 2.24) is 0 Å². The molecule has 0 N–H and O–H groups in total. The Bertz CT molecular complexity index is 396. The minimum Gasteiger partial charge on any atom is -0.0651 e. The first-order chi connectivity index (χ1) is 14.3. The molecule has 0 heterocycles. The molecule has 170 valence electrons. The van der Waals surface area contributed by atoms with Crippen molar-refractivity contribution in [3.8, 4) is 0 Å². The second-order valence-corrected chi connectivity index (χ2v) is 11.6. The molecular weight excluding hydrogens is 348 g/mol. The second kappa shape index (κ2) is 13.4. The van der Waals surface area contributed by atoms with Gasteiger partial charge in [0.1, 0.15) is 0 Å². The first kappa shape index (κ1) is 23.7.